The van der Waals surface area contributed by atoms with Crippen molar-refractivity contribution in [2.45, 2.75) is 37.0 Å². The molecule has 8 heteroatoms. The van der Waals surface area contributed by atoms with Gasteiger partial charge in [-0.2, -0.15) is 0 Å². The Labute approximate surface area is 153 Å². The van der Waals surface area contributed by atoms with Crippen LogP contribution in [0.25, 0.3) is 0 Å². The third-order valence-corrected chi connectivity index (χ3v) is 5.68. The van der Waals surface area contributed by atoms with E-state index >= 15 is 0 Å². The maximum absolute atomic E-state index is 12.2. The number of carbonyl (C=O) groups excluding carboxylic acids is 2. The van der Waals surface area contributed by atoms with E-state index in [9.17, 15) is 18.0 Å². The number of benzene rings is 1. The van der Waals surface area contributed by atoms with Gasteiger partial charge in [-0.1, -0.05) is 30.9 Å². The van der Waals surface area contributed by atoms with Crippen LogP contribution in [0.4, 0.5) is 0 Å². The average molecular weight is 388 g/mol. The lowest BCUT2D eigenvalue weighted by Crippen LogP contribution is -2.36. The van der Waals surface area contributed by atoms with Crippen molar-refractivity contribution in [3.8, 4) is 0 Å². The fourth-order valence-corrected chi connectivity index (χ4v) is 4.01. The zero-order valence-corrected chi connectivity index (χ0v) is 15.7. The molecule has 1 heterocycles. The Kier molecular flexibility index (Phi) is 6.84. The molecule has 0 N–H and O–H groups in total. The molecule has 1 saturated heterocycles. The summed E-state index contributed by atoms with van der Waals surface area (Å²) in [5.74, 6) is -0.977. The van der Waals surface area contributed by atoms with Gasteiger partial charge in [0.25, 0.3) is 5.91 Å². The molecule has 1 amide bonds. The Balaban J connectivity index is 1.99. The molecule has 6 nitrogen and oxygen atoms in total. The first-order valence-corrected chi connectivity index (χ1v) is 10.5. The van der Waals surface area contributed by atoms with Crippen molar-refractivity contribution in [3.05, 3.63) is 28.8 Å². The van der Waals surface area contributed by atoms with Gasteiger partial charge in [-0.25, -0.2) is 13.2 Å². The number of halogens is 1. The summed E-state index contributed by atoms with van der Waals surface area (Å²) in [5, 5.41) is 0.0377. The minimum atomic E-state index is -3.56. The van der Waals surface area contributed by atoms with Crippen LogP contribution in [0.2, 0.25) is 5.02 Å². The molecule has 1 aliphatic heterocycles. The van der Waals surface area contributed by atoms with Crippen LogP contribution in [0, 0.1) is 0 Å². The molecular formula is C17H22ClNO5S. The molecule has 1 aromatic rings. The van der Waals surface area contributed by atoms with E-state index in [0.29, 0.717) is 13.1 Å². The number of sulfone groups is 1. The van der Waals surface area contributed by atoms with Crippen LogP contribution in [0.3, 0.4) is 0 Å². The normalized spacial score (nSPS) is 16.0. The van der Waals surface area contributed by atoms with Crippen molar-refractivity contribution in [2.24, 2.45) is 0 Å². The first-order chi connectivity index (χ1) is 11.8. The van der Waals surface area contributed by atoms with Crippen molar-refractivity contribution in [2.75, 3.05) is 26.0 Å². The molecule has 0 radical (unpaired) electrons. The molecule has 0 spiro atoms. The molecule has 0 atom stereocenters. The average Bonchev–Trinajstić information content (AvgIpc) is 2.51. The van der Waals surface area contributed by atoms with E-state index in [1.807, 2.05) is 0 Å². The first-order valence-electron chi connectivity index (χ1n) is 8.23. The standard InChI is InChI=1S/C17H22ClNO5S/c1-25(22,23)15-11-13(7-8-14(15)18)17(21)24-12-16(20)19-9-5-3-2-4-6-10-19/h7-8,11H,2-6,9-10,12H2,1H3. The zero-order valence-electron chi connectivity index (χ0n) is 14.2. The summed E-state index contributed by atoms with van der Waals surface area (Å²) < 4.78 is 28.4. The molecule has 0 unspecified atom stereocenters. The van der Waals surface area contributed by atoms with Gasteiger partial charge in [0, 0.05) is 19.3 Å². The van der Waals surface area contributed by atoms with E-state index in [1.165, 1.54) is 24.6 Å². The quantitative estimate of drug-likeness (QED) is 0.742. The molecule has 1 aromatic carbocycles. The third-order valence-electron chi connectivity index (χ3n) is 4.10. The molecule has 2 rings (SSSR count). The van der Waals surface area contributed by atoms with Crippen molar-refractivity contribution < 1.29 is 22.7 Å². The SMILES string of the molecule is CS(=O)(=O)c1cc(C(=O)OCC(=O)N2CCCCCCC2)ccc1Cl. The second kappa shape index (κ2) is 8.67. The van der Waals surface area contributed by atoms with Gasteiger partial charge in [-0.15, -0.1) is 0 Å². The summed E-state index contributed by atoms with van der Waals surface area (Å²) >= 11 is 5.85. The molecule has 1 aliphatic rings. The second-order valence-corrected chi connectivity index (χ2v) is 8.53. The van der Waals surface area contributed by atoms with Crippen LogP contribution in [0.1, 0.15) is 42.5 Å². The lowest BCUT2D eigenvalue weighted by molar-refractivity contribution is -0.134. The topological polar surface area (TPSA) is 80.7 Å². The van der Waals surface area contributed by atoms with Crippen molar-refractivity contribution in [3.63, 3.8) is 0 Å². The van der Waals surface area contributed by atoms with Crippen LogP contribution >= 0.6 is 11.6 Å². The molecule has 0 aromatic heterocycles. The van der Waals surface area contributed by atoms with E-state index in [-0.39, 0.29) is 28.0 Å². The van der Waals surface area contributed by atoms with Crippen LogP contribution in [-0.2, 0) is 19.4 Å². The van der Waals surface area contributed by atoms with E-state index in [0.717, 1.165) is 31.9 Å². The van der Waals surface area contributed by atoms with E-state index in [1.54, 1.807) is 4.90 Å². The fraction of sp³-hybridized carbons (Fsp3) is 0.529. The van der Waals surface area contributed by atoms with Gasteiger partial charge in [0.05, 0.1) is 15.5 Å². The summed E-state index contributed by atoms with van der Waals surface area (Å²) in [5.41, 5.74) is 0.0466. The number of ether oxygens (including phenoxy) is 1. The number of likely N-dealkylation sites (tertiary alicyclic amines) is 1. The molecule has 0 bridgehead atoms. The number of nitrogens with zero attached hydrogens (tertiary/aromatic N) is 1. The Bertz CT molecular complexity index is 739. The lowest BCUT2D eigenvalue weighted by Gasteiger charge is -2.24. The molecular weight excluding hydrogens is 366 g/mol. The minimum Gasteiger partial charge on any atom is -0.452 e. The highest BCUT2D eigenvalue weighted by molar-refractivity contribution is 7.90. The maximum Gasteiger partial charge on any atom is 0.338 e. The molecule has 138 valence electrons. The van der Waals surface area contributed by atoms with Gasteiger partial charge in [-0.3, -0.25) is 4.79 Å². The Morgan fingerprint density at radius 2 is 1.72 bits per heavy atom. The van der Waals surface area contributed by atoms with E-state index in [2.05, 4.69) is 0 Å². The van der Waals surface area contributed by atoms with Gasteiger partial charge in [-0.05, 0) is 31.0 Å². The van der Waals surface area contributed by atoms with Crippen LogP contribution in [0.15, 0.2) is 23.1 Å². The maximum atomic E-state index is 12.2. The van der Waals surface area contributed by atoms with Gasteiger partial charge < -0.3 is 9.64 Å². The second-order valence-electron chi connectivity index (χ2n) is 6.14. The number of amides is 1. The summed E-state index contributed by atoms with van der Waals surface area (Å²) in [6.07, 6.45) is 6.30. The summed E-state index contributed by atoms with van der Waals surface area (Å²) in [6.45, 7) is 1.00. The highest BCUT2D eigenvalue weighted by atomic mass is 35.5. The van der Waals surface area contributed by atoms with Crippen LogP contribution in [0.5, 0.6) is 0 Å². The summed E-state index contributed by atoms with van der Waals surface area (Å²) in [6, 6.07) is 3.87. The smallest absolute Gasteiger partial charge is 0.338 e. The van der Waals surface area contributed by atoms with Crippen LogP contribution in [-0.4, -0.2) is 51.1 Å². The number of esters is 1. The minimum absolute atomic E-state index is 0.0377. The number of hydrogen-bond acceptors (Lipinski definition) is 5. The zero-order chi connectivity index (χ0) is 18.4. The predicted octanol–water partition coefficient (Wildman–Crippen LogP) is 2.69. The number of carbonyl (C=O) groups is 2. The van der Waals surface area contributed by atoms with Crippen molar-refractivity contribution in [1.82, 2.24) is 4.90 Å². The molecule has 0 aliphatic carbocycles. The fourth-order valence-electron chi connectivity index (χ4n) is 2.71. The van der Waals surface area contributed by atoms with Crippen molar-refractivity contribution >= 4 is 33.3 Å². The van der Waals surface area contributed by atoms with Crippen LogP contribution < -0.4 is 0 Å². The number of hydrogen-bond donors (Lipinski definition) is 0. The van der Waals surface area contributed by atoms with Gasteiger partial charge >= 0.3 is 5.97 Å². The molecule has 25 heavy (non-hydrogen) atoms. The summed E-state index contributed by atoms with van der Waals surface area (Å²) in [4.78, 5) is 25.9. The first kappa shape index (κ1) is 19.7. The van der Waals surface area contributed by atoms with Gasteiger partial charge in [0.15, 0.2) is 16.4 Å². The lowest BCUT2D eigenvalue weighted by atomic mass is 10.1. The Morgan fingerprint density at radius 3 is 2.32 bits per heavy atom. The third kappa shape index (κ3) is 5.71. The molecule has 1 fully saturated rings. The van der Waals surface area contributed by atoms with Crippen molar-refractivity contribution in [1.29, 1.82) is 0 Å². The largest absolute Gasteiger partial charge is 0.452 e. The highest BCUT2D eigenvalue weighted by Gasteiger charge is 2.19. The van der Waals surface area contributed by atoms with E-state index < -0.39 is 15.8 Å². The summed E-state index contributed by atoms with van der Waals surface area (Å²) in [7, 11) is -3.56. The van der Waals surface area contributed by atoms with E-state index in [4.69, 9.17) is 16.3 Å². The monoisotopic (exact) mass is 387 g/mol. The van der Waals surface area contributed by atoms with Gasteiger partial charge in [0.2, 0.25) is 0 Å². The number of rotatable bonds is 4. The highest BCUT2D eigenvalue weighted by Crippen LogP contribution is 2.23. The molecule has 0 saturated carbocycles. The Morgan fingerprint density at radius 1 is 1.12 bits per heavy atom. The Hall–Kier alpha value is -1.60. The van der Waals surface area contributed by atoms with Gasteiger partial charge in [0.1, 0.15) is 0 Å². The predicted molar refractivity (Wildman–Crippen MR) is 94.5 cm³/mol.